The number of rotatable bonds is 8. The van der Waals surface area contributed by atoms with Crippen molar-refractivity contribution in [3.63, 3.8) is 0 Å². The molecule has 1 unspecified atom stereocenters. The molecule has 9 nitrogen and oxygen atoms in total. The zero-order chi connectivity index (χ0) is 19.5. The molecule has 0 saturated heterocycles. The van der Waals surface area contributed by atoms with Gasteiger partial charge in [0.15, 0.2) is 27.1 Å². The summed E-state index contributed by atoms with van der Waals surface area (Å²) in [4.78, 5) is 13.3. The standard InChI is InChI=1S/C16H22N2O7S/c1-25-12-9-10(3-4-11(12)20)13-15(26(2,23)24)14(21)16(22)18(13)7-5-17-6-8-19/h3-4,9,13,17,19-21H,5-8H2,1-2H3. The normalized spacial score (nSPS) is 17.9. The number of phenolic OH excluding ortho intramolecular Hbond substituents is 1. The van der Waals surface area contributed by atoms with Gasteiger partial charge in [0.05, 0.1) is 19.8 Å². The second-order valence-electron chi connectivity index (χ2n) is 5.79. The Morgan fingerprint density at radius 3 is 2.54 bits per heavy atom. The average molecular weight is 386 g/mol. The molecule has 1 atom stereocenters. The quantitative estimate of drug-likeness (QED) is 0.446. The summed E-state index contributed by atoms with van der Waals surface area (Å²) in [5.41, 5.74) is 0.375. The van der Waals surface area contributed by atoms with Gasteiger partial charge < -0.3 is 30.3 Å². The summed E-state index contributed by atoms with van der Waals surface area (Å²) >= 11 is 0. The lowest BCUT2D eigenvalue weighted by atomic mass is 10.1. The number of benzene rings is 1. The van der Waals surface area contributed by atoms with Gasteiger partial charge in [-0.1, -0.05) is 6.07 Å². The van der Waals surface area contributed by atoms with Crippen LogP contribution in [0.4, 0.5) is 0 Å². The summed E-state index contributed by atoms with van der Waals surface area (Å²) in [6.45, 7) is 0.640. The van der Waals surface area contributed by atoms with Crippen molar-refractivity contribution in [2.24, 2.45) is 0 Å². The summed E-state index contributed by atoms with van der Waals surface area (Å²) in [5, 5.41) is 31.6. The molecule has 1 amide bonds. The first-order valence-corrected chi connectivity index (χ1v) is 9.74. The van der Waals surface area contributed by atoms with Crippen LogP contribution in [0.2, 0.25) is 0 Å². The highest BCUT2D eigenvalue weighted by atomic mass is 32.2. The summed E-state index contributed by atoms with van der Waals surface area (Å²) < 4.78 is 29.4. The van der Waals surface area contributed by atoms with Gasteiger partial charge in [-0.2, -0.15) is 0 Å². The van der Waals surface area contributed by atoms with Crippen molar-refractivity contribution in [1.29, 1.82) is 0 Å². The SMILES string of the molecule is COc1cc(C2C(S(C)(=O)=O)=C(O)C(=O)N2CCNCCO)ccc1O. The highest BCUT2D eigenvalue weighted by Gasteiger charge is 2.44. The Bertz CT molecular complexity index is 820. The zero-order valence-corrected chi connectivity index (χ0v) is 15.3. The van der Waals surface area contributed by atoms with E-state index in [9.17, 15) is 23.4 Å². The van der Waals surface area contributed by atoms with E-state index < -0.39 is 32.5 Å². The Labute approximate surface area is 151 Å². The molecule has 0 radical (unpaired) electrons. The molecule has 1 aliphatic rings. The minimum atomic E-state index is -3.88. The summed E-state index contributed by atoms with van der Waals surface area (Å²) in [6, 6.07) is 3.18. The number of aromatic hydroxyl groups is 1. The topological polar surface area (TPSA) is 136 Å². The van der Waals surface area contributed by atoms with Crippen LogP contribution in [0, 0.1) is 0 Å². The molecule has 1 aliphatic heterocycles. The van der Waals surface area contributed by atoms with Crippen LogP contribution in [-0.4, -0.2) is 74.2 Å². The van der Waals surface area contributed by atoms with Gasteiger partial charge in [0, 0.05) is 25.9 Å². The molecule has 0 saturated carbocycles. The molecular formula is C16H22N2O7S. The number of aliphatic hydroxyl groups is 2. The maximum absolute atomic E-state index is 12.4. The van der Waals surface area contributed by atoms with E-state index in [0.717, 1.165) is 6.26 Å². The number of carbonyl (C=O) groups is 1. The minimum absolute atomic E-state index is 0.0787. The van der Waals surface area contributed by atoms with Gasteiger partial charge in [-0.25, -0.2) is 8.42 Å². The van der Waals surface area contributed by atoms with Gasteiger partial charge in [0.1, 0.15) is 4.91 Å². The predicted molar refractivity (Wildman–Crippen MR) is 93.6 cm³/mol. The number of aliphatic hydroxyl groups excluding tert-OH is 2. The van der Waals surface area contributed by atoms with E-state index in [4.69, 9.17) is 9.84 Å². The maximum Gasteiger partial charge on any atom is 0.290 e. The van der Waals surface area contributed by atoms with Gasteiger partial charge >= 0.3 is 0 Å². The Hall–Kier alpha value is -2.30. The smallest absolute Gasteiger partial charge is 0.290 e. The molecule has 0 bridgehead atoms. The number of hydrogen-bond donors (Lipinski definition) is 4. The highest BCUT2D eigenvalue weighted by Crippen LogP contribution is 2.41. The van der Waals surface area contributed by atoms with E-state index in [-0.39, 0.29) is 24.7 Å². The molecule has 10 heteroatoms. The lowest BCUT2D eigenvalue weighted by molar-refractivity contribution is -0.129. The second kappa shape index (κ2) is 7.94. The Morgan fingerprint density at radius 2 is 1.96 bits per heavy atom. The summed E-state index contributed by atoms with van der Waals surface area (Å²) in [5.74, 6) is -1.63. The first kappa shape index (κ1) is 20.0. The van der Waals surface area contributed by atoms with Crippen LogP contribution in [0.5, 0.6) is 11.5 Å². The van der Waals surface area contributed by atoms with Crippen molar-refractivity contribution in [2.75, 3.05) is 39.6 Å². The Kier molecular flexibility index (Phi) is 6.11. The van der Waals surface area contributed by atoms with Crippen molar-refractivity contribution in [3.05, 3.63) is 34.4 Å². The van der Waals surface area contributed by atoms with Crippen LogP contribution in [0.25, 0.3) is 0 Å². The van der Waals surface area contributed by atoms with Crippen molar-refractivity contribution in [2.45, 2.75) is 6.04 Å². The Balaban J connectivity index is 2.47. The molecule has 1 aromatic carbocycles. The molecule has 26 heavy (non-hydrogen) atoms. The number of ether oxygens (including phenoxy) is 1. The minimum Gasteiger partial charge on any atom is -0.504 e. The van der Waals surface area contributed by atoms with Crippen LogP contribution in [0.1, 0.15) is 11.6 Å². The highest BCUT2D eigenvalue weighted by molar-refractivity contribution is 7.94. The molecule has 0 aliphatic carbocycles. The molecule has 0 fully saturated rings. The van der Waals surface area contributed by atoms with Crippen LogP contribution in [-0.2, 0) is 14.6 Å². The van der Waals surface area contributed by atoms with Gasteiger partial charge in [0.25, 0.3) is 5.91 Å². The van der Waals surface area contributed by atoms with E-state index in [1.165, 1.54) is 30.2 Å². The maximum atomic E-state index is 12.4. The monoisotopic (exact) mass is 386 g/mol. The van der Waals surface area contributed by atoms with E-state index in [2.05, 4.69) is 5.32 Å². The number of phenols is 1. The second-order valence-corrected chi connectivity index (χ2v) is 7.78. The van der Waals surface area contributed by atoms with Gasteiger partial charge in [0.2, 0.25) is 0 Å². The number of carbonyl (C=O) groups excluding carboxylic acids is 1. The van der Waals surface area contributed by atoms with Gasteiger partial charge in [-0.05, 0) is 17.7 Å². The van der Waals surface area contributed by atoms with Crippen molar-refractivity contribution < 1.29 is 33.3 Å². The largest absolute Gasteiger partial charge is 0.504 e. The lowest BCUT2D eigenvalue weighted by Gasteiger charge is -2.27. The first-order chi connectivity index (χ1) is 12.2. The van der Waals surface area contributed by atoms with E-state index in [1.54, 1.807) is 0 Å². The van der Waals surface area contributed by atoms with Crippen LogP contribution in [0.15, 0.2) is 28.9 Å². The van der Waals surface area contributed by atoms with Crippen LogP contribution in [0.3, 0.4) is 0 Å². The van der Waals surface area contributed by atoms with E-state index in [1.807, 2.05) is 0 Å². The number of amides is 1. The van der Waals surface area contributed by atoms with Crippen molar-refractivity contribution in [1.82, 2.24) is 10.2 Å². The molecule has 1 heterocycles. The molecular weight excluding hydrogens is 364 g/mol. The number of nitrogens with one attached hydrogen (secondary N) is 1. The van der Waals surface area contributed by atoms with Crippen molar-refractivity contribution in [3.8, 4) is 11.5 Å². The third-order valence-electron chi connectivity index (χ3n) is 3.99. The number of hydrogen-bond acceptors (Lipinski definition) is 8. The zero-order valence-electron chi connectivity index (χ0n) is 14.5. The van der Waals surface area contributed by atoms with Crippen LogP contribution >= 0.6 is 0 Å². The Morgan fingerprint density at radius 1 is 1.27 bits per heavy atom. The molecule has 0 aromatic heterocycles. The third kappa shape index (κ3) is 3.92. The lowest BCUT2D eigenvalue weighted by Crippen LogP contribution is -2.37. The number of methoxy groups -OCH3 is 1. The molecule has 1 aromatic rings. The van der Waals surface area contributed by atoms with Crippen molar-refractivity contribution >= 4 is 15.7 Å². The molecule has 2 rings (SSSR count). The summed E-state index contributed by atoms with van der Waals surface area (Å²) in [6.07, 6.45) is 0.921. The van der Waals surface area contributed by atoms with E-state index in [0.29, 0.717) is 18.7 Å². The summed E-state index contributed by atoms with van der Waals surface area (Å²) in [7, 11) is -2.53. The molecule has 0 spiro atoms. The average Bonchev–Trinajstić information content (AvgIpc) is 2.84. The predicted octanol–water partition coefficient (Wildman–Crippen LogP) is -0.320. The fourth-order valence-electron chi connectivity index (χ4n) is 2.84. The van der Waals surface area contributed by atoms with Crippen LogP contribution < -0.4 is 10.1 Å². The molecule has 4 N–H and O–H groups in total. The third-order valence-corrected chi connectivity index (χ3v) is 5.21. The fraction of sp³-hybridized carbons (Fsp3) is 0.438. The van der Waals surface area contributed by atoms with Gasteiger partial charge in [-0.15, -0.1) is 0 Å². The van der Waals surface area contributed by atoms with Gasteiger partial charge in [-0.3, -0.25) is 4.79 Å². The molecule has 144 valence electrons. The van der Waals surface area contributed by atoms with E-state index >= 15 is 0 Å². The fourth-order valence-corrected chi connectivity index (χ4v) is 3.95. The first-order valence-electron chi connectivity index (χ1n) is 7.85. The number of nitrogens with zero attached hydrogens (tertiary/aromatic N) is 1. The number of sulfone groups is 1.